The SMILES string of the molecule is CCC[C@H]1CC[C@H](CCc2ccc(-c3ccc(F)c(F)c3Oc3cc(F)c(F)c(F)c3)cc2)CC1. The molecular formula is C29H29F5O. The van der Waals surface area contributed by atoms with Crippen LogP contribution in [-0.4, -0.2) is 0 Å². The lowest BCUT2D eigenvalue weighted by molar-refractivity contribution is 0.252. The fourth-order valence-corrected chi connectivity index (χ4v) is 5.01. The fourth-order valence-electron chi connectivity index (χ4n) is 5.01. The maximum Gasteiger partial charge on any atom is 0.201 e. The minimum atomic E-state index is -1.66. The normalized spacial score (nSPS) is 18.0. The summed E-state index contributed by atoms with van der Waals surface area (Å²) in [5.74, 6) is -6.47. The van der Waals surface area contributed by atoms with E-state index >= 15 is 0 Å². The second-order valence-corrected chi connectivity index (χ2v) is 9.45. The van der Waals surface area contributed by atoms with Crippen LogP contribution in [-0.2, 0) is 6.42 Å². The van der Waals surface area contributed by atoms with Crippen molar-refractivity contribution in [2.75, 3.05) is 0 Å². The van der Waals surface area contributed by atoms with Gasteiger partial charge in [0.25, 0.3) is 0 Å². The average Bonchev–Trinajstić information content (AvgIpc) is 2.86. The smallest absolute Gasteiger partial charge is 0.201 e. The molecule has 6 heteroatoms. The van der Waals surface area contributed by atoms with Gasteiger partial charge in [-0.3, -0.25) is 0 Å². The molecule has 0 radical (unpaired) electrons. The Labute approximate surface area is 202 Å². The fraction of sp³-hybridized carbons (Fsp3) is 0.379. The highest BCUT2D eigenvalue weighted by Crippen LogP contribution is 2.38. The molecule has 0 heterocycles. The molecule has 1 saturated carbocycles. The molecule has 0 aromatic heterocycles. The first-order valence-corrected chi connectivity index (χ1v) is 12.3. The van der Waals surface area contributed by atoms with Gasteiger partial charge in [0.1, 0.15) is 5.75 Å². The Balaban J connectivity index is 1.48. The van der Waals surface area contributed by atoms with Crippen LogP contribution in [0.15, 0.2) is 48.5 Å². The second kappa shape index (κ2) is 11.2. The minimum Gasteiger partial charge on any atom is -0.453 e. The van der Waals surface area contributed by atoms with Crippen molar-refractivity contribution in [2.24, 2.45) is 11.8 Å². The monoisotopic (exact) mass is 488 g/mol. The Hall–Kier alpha value is -2.89. The molecule has 4 rings (SSSR count). The summed E-state index contributed by atoms with van der Waals surface area (Å²) in [5.41, 5.74) is 1.93. The van der Waals surface area contributed by atoms with E-state index in [4.69, 9.17) is 4.74 Å². The van der Waals surface area contributed by atoms with Crippen LogP contribution in [0.5, 0.6) is 11.5 Å². The van der Waals surface area contributed by atoms with Crippen molar-refractivity contribution in [1.29, 1.82) is 0 Å². The summed E-state index contributed by atoms with van der Waals surface area (Å²) in [7, 11) is 0. The summed E-state index contributed by atoms with van der Waals surface area (Å²) >= 11 is 0. The Morgan fingerprint density at radius 2 is 1.31 bits per heavy atom. The third-order valence-corrected chi connectivity index (χ3v) is 7.00. The van der Waals surface area contributed by atoms with Crippen LogP contribution in [0, 0.1) is 40.9 Å². The van der Waals surface area contributed by atoms with Gasteiger partial charge >= 0.3 is 0 Å². The molecule has 0 N–H and O–H groups in total. The van der Waals surface area contributed by atoms with Crippen LogP contribution in [0.4, 0.5) is 22.0 Å². The van der Waals surface area contributed by atoms with E-state index in [-0.39, 0.29) is 5.56 Å². The quantitative estimate of drug-likeness (QED) is 0.227. The number of rotatable bonds is 8. The molecule has 1 aliphatic rings. The van der Waals surface area contributed by atoms with E-state index in [1.807, 2.05) is 12.1 Å². The molecule has 0 bridgehead atoms. The summed E-state index contributed by atoms with van der Waals surface area (Å²) < 4.78 is 74.3. The highest BCUT2D eigenvalue weighted by Gasteiger charge is 2.21. The third kappa shape index (κ3) is 6.03. The number of halogens is 5. The van der Waals surface area contributed by atoms with Crippen molar-refractivity contribution in [3.8, 4) is 22.6 Å². The van der Waals surface area contributed by atoms with Crippen LogP contribution in [0.25, 0.3) is 11.1 Å². The molecule has 1 aliphatic carbocycles. The predicted octanol–water partition coefficient (Wildman–Crippen LogP) is 9.38. The summed E-state index contributed by atoms with van der Waals surface area (Å²) in [6, 6.07) is 11.0. The van der Waals surface area contributed by atoms with Gasteiger partial charge in [0.15, 0.2) is 29.0 Å². The first-order valence-electron chi connectivity index (χ1n) is 12.3. The standard InChI is InChI=1S/C29H29F5O/c1-2-3-18-4-6-19(7-5-18)8-9-20-10-12-21(13-11-20)23-14-15-24(30)28(34)29(23)35-22-16-25(31)27(33)26(32)17-22/h10-19H,2-9H2,1H3/t18-,19-. The molecule has 3 aromatic rings. The summed E-state index contributed by atoms with van der Waals surface area (Å²) in [5, 5.41) is 0. The van der Waals surface area contributed by atoms with E-state index in [0.717, 1.165) is 36.3 Å². The summed E-state index contributed by atoms with van der Waals surface area (Å²) in [4.78, 5) is 0. The van der Waals surface area contributed by atoms with E-state index in [1.165, 1.54) is 44.6 Å². The van der Waals surface area contributed by atoms with Crippen molar-refractivity contribution in [3.63, 3.8) is 0 Å². The van der Waals surface area contributed by atoms with Gasteiger partial charge < -0.3 is 4.74 Å². The number of benzene rings is 3. The van der Waals surface area contributed by atoms with Gasteiger partial charge in [-0.15, -0.1) is 0 Å². The molecule has 0 unspecified atom stereocenters. The Morgan fingerprint density at radius 3 is 1.91 bits per heavy atom. The first kappa shape index (κ1) is 25.2. The average molecular weight is 489 g/mol. The van der Waals surface area contributed by atoms with Gasteiger partial charge in [-0.05, 0) is 47.9 Å². The molecule has 35 heavy (non-hydrogen) atoms. The van der Waals surface area contributed by atoms with E-state index < -0.39 is 40.6 Å². The van der Waals surface area contributed by atoms with Crippen molar-refractivity contribution >= 4 is 0 Å². The molecule has 0 spiro atoms. The maximum absolute atomic E-state index is 14.6. The molecule has 0 amide bonds. The molecule has 0 saturated heterocycles. The number of ether oxygens (including phenoxy) is 1. The number of aryl methyl sites for hydroxylation is 1. The van der Waals surface area contributed by atoms with Crippen LogP contribution in [0.3, 0.4) is 0 Å². The molecule has 1 nitrogen and oxygen atoms in total. The Bertz CT molecular complexity index is 1130. The van der Waals surface area contributed by atoms with E-state index in [9.17, 15) is 22.0 Å². The molecular weight excluding hydrogens is 459 g/mol. The zero-order valence-electron chi connectivity index (χ0n) is 19.7. The lowest BCUT2D eigenvalue weighted by Gasteiger charge is -2.28. The van der Waals surface area contributed by atoms with Crippen molar-refractivity contribution in [3.05, 3.63) is 83.2 Å². The highest BCUT2D eigenvalue weighted by molar-refractivity contribution is 5.71. The first-order chi connectivity index (χ1) is 16.9. The van der Waals surface area contributed by atoms with Gasteiger partial charge in [-0.2, -0.15) is 4.39 Å². The van der Waals surface area contributed by atoms with Gasteiger partial charge in [0.2, 0.25) is 5.82 Å². The molecule has 186 valence electrons. The Morgan fingerprint density at radius 1 is 0.714 bits per heavy atom. The van der Waals surface area contributed by atoms with E-state index in [0.29, 0.717) is 17.7 Å². The Kier molecular flexibility index (Phi) is 8.09. The number of hydrogen-bond acceptors (Lipinski definition) is 1. The molecule has 3 aromatic carbocycles. The zero-order valence-corrected chi connectivity index (χ0v) is 19.7. The zero-order chi connectivity index (χ0) is 24.9. The van der Waals surface area contributed by atoms with E-state index in [2.05, 4.69) is 6.92 Å². The van der Waals surface area contributed by atoms with Gasteiger partial charge in [0, 0.05) is 17.7 Å². The lowest BCUT2D eigenvalue weighted by Crippen LogP contribution is -2.15. The summed E-state index contributed by atoms with van der Waals surface area (Å²) in [6.07, 6.45) is 9.85. The second-order valence-electron chi connectivity index (χ2n) is 9.45. The maximum atomic E-state index is 14.6. The van der Waals surface area contributed by atoms with Gasteiger partial charge in [-0.1, -0.05) is 69.7 Å². The van der Waals surface area contributed by atoms with Gasteiger partial charge in [0.05, 0.1) is 0 Å². The van der Waals surface area contributed by atoms with Crippen molar-refractivity contribution < 1.29 is 26.7 Å². The van der Waals surface area contributed by atoms with Crippen LogP contribution in [0.1, 0.15) is 57.4 Å². The topological polar surface area (TPSA) is 9.23 Å². The van der Waals surface area contributed by atoms with Crippen LogP contribution in [0.2, 0.25) is 0 Å². The van der Waals surface area contributed by atoms with Crippen LogP contribution >= 0.6 is 0 Å². The highest BCUT2D eigenvalue weighted by atomic mass is 19.2. The number of hydrogen-bond donors (Lipinski definition) is 0. The molecule has 0 aliphatic heterocycles. The molecule has 0 atom stereocenters. The van der Waals surface area contributed by atoms with Crippen molar-refractivity contribution in [1.82, 2.24) is 0 Å². The predicted molar refractivity (Wildman–Crippen MR) is 127 cm³/mol. The minimum absolute atomic E-state index is 0.217. The van der Waals surface area contributed by atoms with Crippen molar-refractivity contribution in [2.45, 2.75) is 58.3 Å². The van der Waals surface area contributed by atoms with Gasteiger partial charge in [-0.25, -0.2) is 17.6 Å². The summed E-state index contributed by atoms with van der Waals surface area (Å²) in [6.45, 7) is 2.24. The van der Waals surface area contributed by atoms with E-state index in [1.54, 1.807) is 12.1 Å². The molecule has 1 fully saturated rings. The third-order valence-electron chi connectivity index (χ3n) is 7.00. The van der Waals surface area contributed by atoms with Crippen LogP contribution < -0.4 is 4.74 Å². The lowest BCUT2D eigenvalue weighted by atomic mass is 9.78. The largest absolute Gasteiger partial charge is 0.453 e.